The summed E-state index contributed by atoms with van der Waals surface area (Å²) in [6.45, 7) is 6.28. The fourth-order valence-corrected chi connectivity index (χ4v) is 2.39. The first-order valence-electron chi connectivity index (χ1n) is 7.20. The first-order valence-corrected chi connectivity index (χ1v) is 7.58. The summed E-state index contributed by atoms with van der Waals surface area (Å²) in [7, 11) is 3.22. The van der Waals surface area contributed by atoms with Gasteiger partial charge < -0.3 is 14.8 Å². The van der Waals surface area contributed by atoms with Crippen molar-refractivity contribution in [3.63, 3.8) is 0 Å². The Kier molecular flexibility index (Phi) is 7.78. The molecule has 4 heteroatoms. The average molecular weight is 300 g/mol. The van der Waals surface area contributed by atoms with Crippen LogP contribution in [-0.4, -0.2) is 20.8 Å². The van der Waals surface area contributed by atoms with Crippen LogP contribution in [0.1, 0.15) is 38.7 Å². The van der Waals surface area contributed by atoms with Crippen LogP contribution in [0.3, 0.4) is 0 Å². The molecule has 3 nitrogen and oxygen atoms in total. The smallest absolute Gasteiger partial charge is 0.179 e. The molecule has 0 spiro atoms. The lowest BCUT2D eigenvalue weighted by Gasteiger charge is -2.13. The van der Waals surface area contributed by atoms with Crippen LogP contribution in [-0.2, 0) is 6.54 Å². The maximum Gasteiger partial charge on any atom is 0.179 e. The summed E-state index contributed by atoms with van der Waals surface area (Å²) in [6, 6.07) is 3.87. The van der Waals surface area contributed by atoms with Crippen molar-refractivity contribution in [3.05, 3.63) is 22.7 Å². The molecule has 1 aromatic carbocycles. The van der Waals surface area contributed by atoms with Gasteiger partial charge in [0.1, 0.15) is 0 Å². The van der Waals surface area contributed by atoms with E-state index in [0.717, 1.165) is 24.6 Å². The number of unbranched alkanes of at least 4 members (excludes halogenated alkanes) is 1. The topological polar surface area (TPSA) is 30.5 Å². The molecule has 0 aliphatic carbocycles. The third-order valence-corrected chi connectivity index (χ3v) is 3.68. The summed E-state index contributed by atoms with van der Waals surface area (Å²) in [6.07, 6.45) is 3.76. The molecule has 0 aliphatic rings. The molecule has 0 heterocycles. The lowest BCUT2D eigenvalue weighted by atomic mass is 10.1. The van der Waals surface area contributed by atoms with E-state index in [1.54, 1.807) is 14.2 Å². The van der Waals surface area contributed by atoms with Crippen LogP contribution in [0.2, 0.25) is 5.02 Å². The van der Waals surface area contributed by atoms with Crippen LogP contribution in [0, 0.1) is 5.92 Å². The van der Waals surface area contributed by atoms with Crippen molar-refractivity contribution in [2.24, 2.45) is 5.92 Å². The number of hydrogen-bond donors (Lipinski definition) is 1. The fourth-order valence-electron chi connectivity index (χ4n) is 2.09. The van der Waals surface area contributed by atoms with E-state index < -0.39 is 0 Å². The SMILES string of the molecule is COc1ccc(CNCCCCC(C)C)c(Cl)c1OC. The van der Waals surface area contributed by atoms with Crippen LogP contribution in [0.4, 0.5) is 0 Å². The Balaban J connectivity index is 2.44. The molecule has 0 saturated carbocycles. The van der Waals surface area contributed by atoms with Gasteiger partial charge >= 0.3 is 0 Å². The molecule has 0 aromatic heterocycles. The number of nitrogens with one attached hydrogen (secondary N) is 1. The first kappa shape index (κ1) is 17.1. The highest BCUT2D eigenvalue weighted by Gasteiger charge is 2.12. The summed E-state index contributed by atoms with van der Waals surface area (Å²) in [4.78, 5) is 0. The quantitative estimate of drug-likeness (QED) is 0.691. The van der Waals surface area contributed by atoms with Gasteiger partial charge in [0.25, 0.3) is 0 Å². The van der Waals surface area contributed by atoms with Crippen molar-refractivity contribution in [2.75, 3.05) is 20.8 Å². The molecule has 0 amide bonds. The third-order valence-electron chi connectivity index (χ3n) is 3.27. The molecular weight excluding hydrogens is 274 g/mol. The zero-order chi connectivity index (χ0) is 15.0. The van der Waals surface area contributed by atoms with Gasteiger partial charge in [0, 0.05) is 6.54 Å². The molecule has 0 saturated heterocycles. The van der Waals surface area contributed by atoms with Gasteiger partial charge in [-0.2, -0.15) is 0 Å². The standard InChI is InChI=1S/C16H26ClNO2/c1-12(2)7-5-6-10-18-11-13-8-9-14(19-3)16(20-4)15(13)17/h8-9,12,18H,5-7,10-11H2,1-4H3. The van der Waals surface area contributed by atoms with Crippen molar-refractivity contribution in [1.82, 2.24) is 5.32 Å². The number of benzene rings is 1. The van der Waals surface area contributed by atoms with Gasteiger partial charge in [0.15, 0.2) is 11.5 Å². The van der Waals surface area contributed by atoms with Gasteiger partial charge in [-0.25, -0.2) is 0 Å². The second-order valence-corrected chi connectivity index (χ2v) is 5.72. The van der Waals surface area contributed by atoms with Crippen molar-refractivity contribution in [2.45, 2.75) is 39.7 Å². The van der Waals surface area contributed by atoms with E-state index in [1.807, 2.05) is 12.1 Å². The summed E-state index contributed by atoms with van der Waals surface area (Å²) < 4.78 is 10.5. The van der Waals surface area contributed by atoms with E-state index >= 15 is 0 Å². The summed E-state index contributed by atoms with van der Waals surface area (Å²) in [5.74, 6) is 2.06. The highest BCUT2D eigenvalue weighted by molar-refractivity contribution is 6.33. The lowest BCUT2D eigenvalue weighted by Crippen LogP contribution is -2.15. The molecule has 114 valence electrons. The van der Waals surface area contributed by atoms with Gasteiger partial charge in [0.2, 0.25) is 0 Å². The molecule has 0 atom stereocenters. The van der Waals surface area contributed by atoms with E-state index in [9.17, 15) is 0 Å². The van der Waals surface area contributed by atoms with E-state index in [1.165, 1.54) is 19.3 Å². The summed E-state index contributed by atoms with van der Waals surface area (Å²) in [5, 5.41) is 4.05. The first-order chi connectivity index (χ1) is 9.60. The van der Waals surface area contributed by atoms with Gasteiger partial charge in [-0.1, -0.05) is 44.4 Å². The summed E-state index contributed by atoms with van der Waals surface area (Å²) in [5.41, 5.74) is 1.04. The molecular formula is C16H26ClNO2. The largest absolute Gasteiger partial charge is 0.493 e. The van der Waals surface area contributed by atoms with Crippen LogP contribution in [0.15, 0.2) is 12.1 Å². The lowest BCUT2D eigenvalue weighted by molar-refractivity contribution is 0.354. The Morgan fingerprint density at radius 2 is 1.90 bits per heavy atom. The van der Waals surface area contributed by atoms with Crippen LogP contribution >= 0.6 is 11.6 Å². The van der Waals surface area contributed by atoms with Crippen LogP contribution < -0.4 is 14.8 Å². The molecule has 20 heavy (non-hydrogen) atoms. The number of halogens is 1. The van der Waals surface area contributed by atoms with Crippen molar-refractivity contribution >= 4 is 11.6 Å². The van der Waals surface area contributed by atoms with Crippen molar-refractivity contribution < 1.29 is 9.47 Å². The Hall–Kier alpha value is -0.930. The Morgan fingerprint density at radius 3 is 2.50 bits per heavy atom. The van der Waals surface area contributed by atoms with Gasteiger partial charge in [-0.05, 0) is 30.5 Å². The molecule has 1 rings (SSSR count). The number of methoxy groups -OCH3 is 2. The minimum absolute atomic E-state index is 0.605. The van der Waals surface area contributed by atoms with Crippen LogP contribution in [0.25, 0.3) is 0 Å². The number of hydrogen-bond acceptors (Lipinski definition) is 3. The highest BCUT2D eigenvalue weighted by Crippen LogP contribution is 2.37. The van der Waals surface area contributed by atoms with E-state index in [2.05, 4.69) is 19.2 Å². The Morgan fingerprint density at radius 1 is 1.15 bits per heavy atom. The molecule has 1 N–H and O–H groups in total. The zero-order valence-corrected chi connectivity index (χ0v) is 13.7. The maximum atomic E-state index is 6.33. The molecule has 0 radical (unpaired) electrons. The minimum Gasteiger partial charge on any atom is -0.493 e. The van der Waals surface area contributed by atoms with Crippen LogP contribution in [0.5, 0.6) is 11.5 Å². The van der Waals surface area contributed by atoms with E-state index in [-0.39, 0.29) is 0 Å². The third kappa shape index (κ3) is 5.22. The molecule has 0 unspecified atom stereocenters. The van der Waals surface area contributed by atoms with Crippen molar-refractivity contribution in [1.29, 1.82) is 0 Å². The zero-order valence-electron chi connectivity index (χ0n) is 13.0. The second kappa shape index (κ2) is 9.09. The van der Waals surface area contributed by atoms with E-state index in [4.69, 9.17) is 21.1 Å². The maximum absolute atomic E-state index is 6.33. The average Bonchev–Trinajstić information content (AvgIpc) is 2.43. The Bertz CT molecular complexity index is 408. The molecule has 0 fully saturated rings. The van der Waals surface area contributed by atoms with Gasteiger partial charge in [0.05, 0.1) is 19.2 Å². The predicted molar refractivity (Wildman–Crippen MR) is 85.0 cm³/mol. The molecule has 0 aliphatic heterocycles. The van der Waals surface area contributed by atoms with E-state index in [0.29, 0.717) is 16.5 Å². The fraction of sp³-hybridized carbons (Fsp3) is 0.625. The van der Waals surface area contributed by atoms with Gasteiger partial charge in [-0.15, -0.1) is 0 Å². The number of rotatable bonds is 9. The summed E-state index contributed by atoms with van der Waals surface area (Å²) >= 11 is 6.33. The normalized spacial score (nSPS) is 10.9. The highest BCUT2D eigenvalue weighted by atomic mass is 35.5. The van der Waals surface area contributed by atoms with Gasteiger partial charge in [-0.3, -0.25) is 0 Å². The minimum atomic E-state index is 0.605. The number of ether oxygens (including phenoxy) is 2. The Labute approximate surface area is 127 Å². The molecule has 0 bridgehead atoms. The monoisotopic (exact) mass is 299 g/mol. The second-order valence-electron chi connectivity index (χ2n) is 5.34. The van der Waals surface area contributed by atoms with Crippen molar-refractivity contribution in [3.8, 4) is 11.5 Å². The molecule has 1 aromatic rings. The predicted octanol–water partition coefficient (Wildman–Crippen LogP) is 4.27.